The highest BCUT2D eigenvalue weighted by molar-refractivity contribution is 14.2. The molecule has 60 valence electrons. The van der Waals surface area contributed by atoms with Crippen LogP contribution in [0.4, 0.5) is 0 Å². The monoisotopic (exact) mass is 372 g/mol. The third kappa shape index (κ3) is 3.11. The number of hydrogen-bond acceptors (Lipinski definition) is 0. The molecule has 0 nitrogen and oxygen atoms in total. The molecule has 0 spiro atoms. The minimum absolute atomic E-state index is 0.0644. The molecule has 0 N–H and O–H groups in total. The standard InChI is InChI=1S/C9H10I2/c1-8-3-6-11-7-9(8)4-5-10-2/h3-7H,2H2,1H3/b5-4-. The fourth-order valence-electron chi connectivity index (χ4n) is 0.698. The molecule has 2 heteroatoms. The highest BCUT2D eigenvalue weighted by atomic mass is 127. The van der Waals surface area contributed by atoms with Gasteiger partial charge in [0.25, 0.3) is 0 Å². The fraction of sp³-hybridized carbons (Fsp3) is 0.111. The summed E-state index contributed by atoms with van der Waals surface area (Å²) in [5, 5.41) is 0. The van der Waals surface area contributed by atoms with Gasteiger partial charge in [-0.2, -0.15) is 0 Å². The largest absolute Gasteiger partial charge is 0.102 e. The van der Waals surface area contributed by atoms with Gasteiger partial charge >= 0.3 is 0 Å². The van der Waals surface area contributed by atoms with E-state index in [9.17, 15) is 0 Å². The molecule has 0 saturated carbocycles. The van der Waals surface area contributed by atoms with Gasteiger partial charge in [-0.3, -0.25) is 0 Å². The van der Waals surface area contributed by atoms with E-state index < -0.39 is 0 Å². The molecule has 11 heavy (non-hydrogen) atoms. The van der Waals surface area contributed by atoms with Crippen LogP contribution in [-0.2, 0) is 0 Å². The maximum atomic E-state index is 3.87. The Labute approximate surface area is 87.6 Å². The van der Waals surface area contributed by atoms with Gasteiger partial charge in [-0.25, -0.2) is 0 Å². The first-order chi connectivity index (χ1) is 5.34. The second kappa shape index (κ2) is 5.13. The Balaban J connectivity index is 2.86. The maximum absolute atomic E-state index is 3.87. The molecule has 1 aliphatic heterocycles. The Morgan fingerprint density at radius 2 is 2.45 bits per heavy atom. The maximum Gasteiger partial charge on any atom is -0.0166 e. The van der Waals surface area contributed by atoms with Crippen molar-refractivity contribution in [2.75, 3.05) is 0 Å². The van der Waals surface area contributed by atoms with E-state index in [1.807, 2.05) is 0 Å². The topological polar surface area (TPSA) is 0 Å². The van der Waals surface area contributed by atoms with E-state index in [0.717, 1.165) is 0 Å². The van der Waals surface area contributed by atoms with Gasteiger partial charge in [0.2, 0.25) is 0 Å². The van der Waals surface area contributed by atoms with Gasteiger partial charge in [0.05, 0.1) is 0 Å². The van der Waals surface area contributed by atoms with Crippen LogP contribution < -0.4 is 0 Å². The van der Waals surface area contributed by atoms with Crippen molar-refractivity contribution >= 4 is 50.0 Å². The zero-order valence-corrected chi connectivity index (χ0v) is 10.7. The molecule has 1 rings (SSSR count). The van der Waals surface area contributed by atoms with Gasteiger partial charge in [0.1, 0.15) is 0 Å². The highest BCUT2D eigenvalue weighted by Gasteiger charge is 1.93. The van der Waals surface area contributed by atoms with Gasteiger partial charge in [-0.15, -0.1) is 20.7 Å². The highest BCUT2D eigenvalue weighted by Crippen LogP contribution is 2.17. The van der Waals surface area contributed by atoms with Crippen LogP contribution in [0.25, 0.3) is 0 Å². The predicted molar refractivity (Wildman–Crippen MR) is 72.2 cm³/mol. The van der Waals surface area contributed by atoms with Crippen LogP contribution in [0.3, 0.4) is 0 Å². The van der Waals surface area contributed by atoms with E-state index >= 15 is 0 Å². The van der Waals surface area contributed by atoms with Crippen molar-refractivity contribution in [1.82, 2.24) is 0 Å². The Morgan fingerprint density at radius 1 is 1.64 bits per heavy atom. The van der Waals surface area contributed by atoms with Crippen LogP contribution in [0, 0.1) is 0 Å². The number of rotatable bonds is 2. The van der Waals surface area contributed by atoms with Crippen LogP contribution >= 0.6 is 41.5 Å². The SMILES string of the molecule is C=I/C=C\C1=C(C)C=CI=C1. The van der Waals surface area contributed by atoms with E-state index in [1.54, 1.807) is 0 Å². The molecule has 0 radical (unpaired) electrons. The van der Waals surface area contributed by atoms with E-state index in [4.69, 9.17) is 0 Å². The summed E-state index contributed by atoms with van der Waals surface area (Å²) in [6.45, 7) is 2.16. The molecule has 0 aromatic heterocycles. The molecular weight excluding hydrogens is 362 g/mol. The lowest BCUT2D eigenvalue weighted by molar-refractivity contribution is 1.50. The van der Waals surface area contributed by atoms with Crippen molar-refractivity contribution in [1.29, 1.82) is 0 Å². The predicted octanol–water partition coefficient (Wildman–Crippen LogP) is 3.52. The van der Waals surface area contributed by atoms with E-state index in [0.29, 0.717) is 0 Å². The zero-order chi connectivity index (χ0) is 8.10. The third-order valence-electron chi connectivity index (χ3n) is 1.35. The third-order valence-corrected chi connectivity index (χ3v) is 4.03. The Hall–Kier alpha value is 0.420. The molecule has 1 aliphatic rings. The molecule has 0 saturated heterocycles. The fourth-order valence-corrected chi connectivity index (χ4v) is 3.38. The quantitative estimate of drug-likeness (QED) is 0.651. The van der Waals surface area contributed by atoms with Crippen LogP contribution in [0.1, 0.15) is 6.92 Å². The summed E-state index contributed by atoms with van der Waals surface area (Å²) in [5.74, 6) is 0. The summed E-state index contributed by atoms with van der Waals surface area (Å²) in [4.78, 5) is 0. The molecule has 0 aliphatic carbocycles. The minimum Gasteiger partial charge on any atom is -0.102 e. The summed E-state index contributed by atoms with van der Waals surface area (Å²) in [6, 6.07) is 0. The van der Waals surface area contributed by atoms with Gasteiger partial charge in [0.15, 0.2) is 0 Å². The van der Waals surface area contributed by atoms with Gasteiger partial charge in [-0.1, -0.05) is 31.3 Å². The lowest BCUT2D eigenvalue weighted by Gasteiger charge is -2.00. The molecule has 0 fully saturated rings. The normalized spacial score (nSPS) is 17.5. The second-order valence-corrected chi connectivity index (χ2v) is 5.77. The molecular formula is C9H10I2. The Kier molecular flexibility index (Phi) is 4.44. The van der Waals surface area contributed by atoms with E-state index in [1.165, 1.54) is 11.1 Å². The molecule has 0 atom stereocenters. The smallest absolute Gasteiger partial charge is 0.0166 e. The van der Waals surface area contributed by atoms with Crippen molar-refractivity contribution in [2.45, 2.75) is 6.92 Å². The second-order valence-electron chi connectivity index (χ2n) is 2.11. The summed E-state index contributed by atoms with van der Waals surface area (Å²) < 4.78 is 10.8. The van der Waals surface area contributed by atoms with E-state index in [-0.39, 0.29) is 41.5 Å². The summed E-state index contributed by atoms with van der Waals surface area (Å²) in [6.07, 6.45) is 4.45. The Bertz CT molecular complexity index is 267. The first kappa shape index (κ1) is 9.51. The van der Waals surface area contributed by atoms with Crippen molar-refractivity contribution in [3.05, 3.63) is 31.5 Å². The van der Waals surface area contributed by atoms with Crippen LogP contribution in [0.2, 0.25) is 0 Å². The molecule has 0 amide bonds. The van der Waals surface area contributed by atoms with Crippen molar-refractivity contribution in [2.24, 2.45) is 0 Å². The van der Waals surface area contributed by atoms with Gasteiger partial charge in [-0.05, 0) is 36.3 Å². The van der Waals surface area contributed by atoms with Crippen molar-refractivity contribution in [3.63, 3.8) is 0 Å². The number of hydrogen-bond donors (Lipinski definition) is 0. The average Bonchev–Trinajstić information content (AvgIpc) is 2.03. The first-order valence-corrected chi connectivity index (χ1v) is 8.47. The number of halogens is 2. The molecule has 0 bridgehead atoms. The van der Waals surface area contributed by atoms with Gasteiger partial charge in [0, 0.05) is 0 Å². The van der Waals surface area contributed by atoms with Crippen LogP contribution in [0.5, 0.6) is 0 Å². The first-order valence-electron chi connectivity index (χ1n) is 3.20. The Morgan fingerprint density at radius 3 is 3.09 bits per heavy atom. The summed E-state index contributed by atoms with van der Waals surface area (Å²) in [7, 11) is 0. The summed E-state index contributed by atoms with van der Waals surface area (Å²) >= 11 is 0.271. The molecule has 0 aromatic rings. The zero-order valence-electron chi connectivity index (χ0n) is 6.35. The molecule has 1 heterocycles. The van der Waals surface area contributed by atoms with Crippen LogP contribution in [-0.4, -0.2) is 8.53 Å². The average molecular weight is 372 g/mol. The molecule has 0 aromatic carbocycles. The van der Waals surface area contributed by atoms with Gasteiger partial charge < -0.3 is 0 Å². The number of allylic oxidation sites excluding steroid dienone is 4. The van der Waals surface area contributed by atoms with Crippen LogP contribution in [0.15, 0.2) is 31.5 Å². The summed E-state index contributed by atoms with van der Waals surface area (Å²) in [5.41, 5.74) is 2.81. The lowest BCUT2D eigenvalue weighted by atomic mass is 10.1. The lowest BCUT2D eigenvalue weighted by Crippen LogP contribution is -1.84. The minimum atomic E-state index is 0.0644. The van der Waals surface area contributed by atoms with Crippen molar-refractivity contribution in [3.8, 4) is 0 Å². The van der Waals surface area contributed by atoms with Crippen molar-refractivity contribution < 1.29 is 0 Å². The molecule has 0 unspecified atom stereocenters. The van der Waals surface area contributed by atoms with E-state index in [2.05, 4.69) is 35.8 Å².